The van der Waals surface area contributed by atoms with E-state index in [0.717, 1.165) is 0 Å². The molecule has 17 heavy (non-hydrogen) atoms. The topological polar surface area (TPSA) is 111 Å². The van der Waals surface area contributed by atoms with Crippen LogP contribution in [-0.2, 0) is 51.2 Å². The van der Waals surface area contributed by atoms with Gasteiger partial charge in [-0.1, -0.05) is 12.1 Å². The van der Waals surface area contributed by atoms with Gasteiger partial charge in [0.1, 0.15) is 0 Å². The maximum Gasteiger partial charge on any atom is 3.00 e. The molecule has 0 spiro atoms. The summed E-state index contributed by atoms with van der Waals surface area (Å²) in [6.07, 6.45) is 7.00. The van der Waals surface area contributed by atoms with E-state index < -0.39 is 0 Å². The van der Waals surface area contributed by atoms with Crippen molar-refractivity contribution in [2.45, 2.75) is 0 Å². The zero-order valence-corrected chi connectivity index (χ0v) is 11.3. The molecular weight excluding hydrogens is 300 g/mol. The van der Waals surface area contributed by atoms with Crippen LogP contribution in [0.5, 0.6) is 0 Å². The van der Waals surface area contributed by atoms with Crippen LogP contribution in [0.15, 0.2) is 61.2 Å². The predicted molar refractivity (Wildman–Crippen MR) is 50.5 cm³/mol. The molecule has 2 aromatic heterocycles. The van der Waals surface area contributed by atoms with Crippen molar-refractivity contribution in [3.05, 3.63) is 61.2 Å². The number of nitrogens with zero attached hydrogens (tertiary/aromatic N) is 2. The first-order valence-electron chi connectivity index (χ1n) is 3.70. The molecule has 2 radical (unpaired) electrons. The Morgan fingerprint density at radius 3 is 0.706 bits per heavy atom. The number of pyridine rings is 2. The van der Waals surface area contributed by atoms with Crippen LogP contribution in [0.1, 0.15) is 0 Å². The van der Waals surface area contributed by atoms with Crippen molar-refractivity contribution in [1.82, 2.24) is 9.97 Å². The van der Waals surface area contributed by atoms with Gasteiger partial charge < -0.3 is 16.4 Å². The van der Waals surface area contributed by atoms with Gasteiger partial charge in [0.05, 0.1) is 0 Å². The minimum atomic E-state index is 0. The third kappa shape index (κ3) is 21.2. The SMILES string of the molecule is [Cr+3].[Cr+3].[O-2].[O-2].[O-2].c1ccncc1.c1ccncc1. The van der Waals surface area contributed by atoms with Crippen molar-refractivity contribution >= 4 is 0 Å². The molecule has 0 saturated heterocycles. The van der Waals surface area contributed by atoms with E-state index in [2.05, 4.69) is 9.97 Å². The minimum Gasteiger partial charge on any atom is -2.00 e. The first-order chi connectivity index (χ1) is 6.00. The molecule has 2 heterocycles. The molecule has 0 aliphatic heterocycles. The fourth-order valence-corrected chi connectivity index (χ4v) is 0.625. The van der Waals surface area contributed by atoms with Crippen molar-refractivity contribution < 1.29 is 51.2 Å². The normalized spacial score (nSPS) is 5.65. The minimum absolute atomic E-state index is 0. The Morgan fingerprint density at radius 2 is 0.647 bits per heavy atom. The van der Waals surface area contributed by atoms with E-state index in [1.165, 1.54) is 0 Å². The Kier molecular flexibility index (Phi) is 43.0. The largest absolute Gasteiger partial charge is 3.00 e. The molecule has 2 aromatic rings. The molecule has 0 atom stereocenters. The van der Waals surface area contributed by atoms with Gasteiger partial charge in [0.2, 0.25) is 0 Å². The average molecular weight is 310 g/mol. The van der Waals surface area contributed by atoms with E-state index in [1.807, 2.05) is 36.4 Å². The van der Waals surface area contributed by atoms with Crippen molar-refractivity contribution in [1.29, 1.82) is 0 Å². The summed E-state index contributed by atoms with van der Waals surface area (Å²) in [6.45, 7) is 0. The van der Waals surface area contributed by atoms with E-state index in [1.54, 1.807) is 24.8 Å². The van der Waals surface area contributed by atoms with Gasteiger partial charge in [-0.05, 0) is 24.3 Å². The van der Waals surface area contributed by atoms with Gasteiger partial charge in [0.15, 0.2) is 0 Å². The first-order valence-corrected chi connectivity index (χ1v) is 3.70. The smallest absolute Gasteiger partial charge is 2.00 e. The molecular formula is C10H10Cr2N2O3. The second kappa shape index (κ2) is 24.5. The zero-order valence-electron chi connectivity index (χ0n) is 8.71. The molecule has 0 aromatic carbocycles. The van der Waals surface area contributed by atoms with Gasteiger partial charge in [-0.15, -0.1) is 0 Å². The van der Waals surface area contributed by atoms with Gasteiger partial charge in [-0.25, -0.2) is 0 Å². The summed E-state index contributed by atoms with van der Waals surface area (Å²) in [5.41, 5.74) is 0. The molecule has 0 N–H and O–H groups in total. The summed E-state index contributed by atoms with van der Waals surface area (Å²) in [6, 6.07) is 11.4. The van der Waals surface area contributed by atoms with Crippen molar-refractivity contribution in [2.24, 2.45) is 0 Å². The average Bonchev–Trinajstić information content (AvgIpc) is 2.24. The molecule has 0 unspecified atom stereocenters. The Labute approximate surface area is 122 Å². The van der Waals surface area contributed by atoms with E-state index in [-0.39, 0.29) is 51.2 Å². The van der Waals surface area contributed by atoms with Crippen LogP contribution in [0.2, 0.25) is 0 Å². The van der Waals surface area contributed by atoms with Crippen LogP contribution in [-0.4, -0.2) is 9.97 Å². The standard InChI is InChI=1S/2C5H5N.2Cr.3O/c2*1-2-4-6-5-3-1;;;;;/h2*1-5H;;;;;/q;;2*+3;3*-2. The summed E-state index contributed by atoms with van der Waals surface area (Å²) in [5.74, 6) is 0. The van der Waals surface area contributed by atoms with E-state index in [0.29, 0.717) is 0 Å². The number of hydrogen-bond acceptors (Lipinski definition) is 2. The fraction of sp³-hybridized carbons (Fsp3) is 0. The Morgan fingerprint density at radius 1 is 0.412 bits per heavy atom. The molecule has 5 nitrogen and oxygen atoms in total. The first kappa shape index (κ1) is 29.9. The van der Waals surface area contributed by atoms with Crippen LogP contribution in [0.3, 0.4) is 0 Å². The Balaban J connectivity index is -0.0000000436. The molecule has 0 bridgehead atoms. The van der Waals surface area contributed by atoms with Crippen LogP contribution in [0, 0.1) is 0 Å². The summed E-state index contributed by atoms with van der Waals surface area (Å²) >= 11 is 0. The number of aromatic nitrogens is 2. The molecule has 0 aliphatic rings. The molecule has 0 amide bonds. The maximum atomic E-state index is 3.78. The molecule has 90 valence electrons. The van der Waals surface area contributed by atoms with Gasteiger partial charge in [0.25, 0.3) is 0 Å². The van der Waals surface area contributed by atoms with Gasteiger partial charge in [-0.3, -0.25) is 9.97 Å². The van der Waals surface area contributed by atoms with Crippen LogP contribution < -0.4 is 0 Å². The third-order valence-corrected chi connectivity index (χ3v) is 1.13. The summed E-state index contributed by atoms with van der Waals surface area (Å²) in [4.78, 5) is 7.57. The zero-order chi connectivity index (χ0) is 8.49. The third-order valence-electron chi connectivity index (χ3n) is 1.13. The molecule has 0 aliphatic carbocycles. The van der Waals surface area contributed by atoms with Crippen molar-refractivity contribution in [3.63, 3.8) is 0 Å². The number of hydrogen-bond donors (Lipinski definition) is 0. The Hall–Kier alpha value is -0.755. The van der Waals surface area contributed by atoms with E-state index in [9.17, 15) is 0 Å². The van der Waals surface area contributed by atoms with Gasteiger partial charge in [-0.2, -0.15) is 0 Å². The van der Waals surface area contributed by atoms with Gasteiger partial charge >= 0.3 is 34.7 Å². The van der Waals surface area contributed by atoms with Gasteiger partial charge in [0, 0.05) is 24.8 Å². The summed E-state index contributed by atoms with van der Waals surface area (Å²) in [5, 5.41) is 0. The predicted octanol–water partition coefficient (Wildman–Crippen LogP) is 1.80. The second-order valence-corrected chi connectivity index (χ2v) is 2.05. The monoisotopic (exact) mass is 310 g/mol. The molecule has 0 saturated carbocycles. The number of rotatable bonds is 0. The summed E-state index contributed by atoms with van der Waals surface area (Å²) < 4.78 is 0. The molecule has 7 heteroatoms. The van der Waals surface area contributed by atoms with E-state index >= 15 is 0 Å². The molecule has 2 rings (SSSR count). The van der Waals surface area contributed by atoms with Crippen LogP contribution in [0.4, 0.5) is 0 Å². The van der Waals surface area contributed by atoms with Crippen LogP contribution in [0.25, 0.3) is 0 Å². The summed E-state index contributed by atoms with van der Waals surface area (Å²) in [7, 11) is 0. The second-order valence-electron chi connectivity index (χ2n) is 2.05. The maximum absolute atomic E-state index is 3.78. The van der Waals surface area contributed by atoms with Crippen LogP contribution >= 0.6 is 0 Å². The quantitative estimate of drug-likeness (QED) is 0.739. The Bertz CT molecular complexity index is 203. The van der Waals surface area contributed by atoms with Crippen molar-refractivity contribution in [3.8, 4) is 0 Å². The fourth-order valence-electron chi connectivity index (χ4n) is 0.625. The van der Waals surface area contributed by atoms with Crippen molar-refractivity contribution in [2.75, 3.05) is 0 Å². The van der Waals surface area contributed by atoms with E-state index in [4.69, 9.17) is 0 Å². The molecule has 0 fully saturated rings.